The summed E-state index contributed by atoms with van der Waals surface area (Å²) in [6.45, 7) is 5.76. The van der Waals surface area contributed by atoms with Crippen LogP contribution >= 0.6 is 11.3 Å². The maximum Gasteiger partial charge on any atom is 0.328 e. The second-order valence-corrected chi connectivity index (χ2v) is 5.42. The van der Waals surface area contributed by atoms with Crippen LogP contribution in [0, 0.1) is 6.92 Å². The Hall–Kier alpha value is -1.62. The van der Waals surface area contributed by atoms with Crippen LogP contribution in [0.4, 0.5) is 0 Å². The number of nitrogens with zero attached hydrogens (tertiary/aromatic N) is 1. The number of carboxylic acids is 1. The molecule has 5 heteroatoms. The lowest BCUT2D eigenvalue weighted by Gasteiger charge is -2.20. The van der Waals surface area contributed by atoms with Crippen LogP contribution in [0.5, 0.6) is 0 Å². The fraction of sp³-hybridized carbons (Fsp3) is 0.385. The number of aryl methyl sites for hydroxylation is 1. The molecule has 0 unspecified atom stereocenters. The molecule has 0 saturated heterocycles. The maximum atomic E-state index is 12.1. The molecule has 1 amide bonds. The first kappa shape index (κ1) is 14.4. The molecule has 0 aliphatic rings. The quantitative estimate of drug-likeness (QED) is 0.853. The van der Waals surface area contributed by atoms with Gasteiger partial charge in [0, 0.05) is 24.0 Å². The third kappa shape index (κ3) is 3.43. The van der Waals surface area contributed by atoms with Crippen molar-refractivity contribution in [2.75, 3.05) is 7.05 Å². The van der Waals surface area contributed by atoms with E-state index in [-0.39, 0.29) is 11.9 Å². The van der Waals surface area contributed by atoms with Gasteiger partial charge in [0.15, 0.2) is 0 Å². The van der Waals surface area contributed by atoms with E-state index < -0.39 is 5.97 Å². The number of hydrogen-bond donors (Lipinski definition) is 1. The molecule has 1 aromatic heterocycles. The van der Waals surface area contributed by atoms with Crippen LogP contribution in [0.2, 0.25) is 0 Å². The summed E-state index contributed by atoms with van der Waals surface area (Å²) in [4.78, 5) is 25.6. The maximum absolute atomic E-state index is 12.1. The Morgan fingerprint density at radius 2 is 2.06 bits per heavy atom. The standard InChI is InChI=1S/C13H17NO3S/c1-8(2)14(4)13(17)11-7-9(3)10(18-11)5-6-12(15)16/h5-8H,1-4H3,(H,15,16). The fourth-order valence-corrected chi connectivity index (χ4v) is 2.38. The highest BCUT2D eigenvalue weighted by Crippen LogP contribution is 2.24. The highest BCUT2D eigenvalue weighted by molar-refractivity contribution is 7.15. The first-order valence-electron chi connectivity index (χ1n) is 5.61. The van der Waals surface area contributed by atoms with Gasteiger partial charge in [0.25, 0.3) is 5.91 Å². The van der Waals surface area contributed by atoms with Crippen LogP contribution in [-0.4, -0.2) is 35.0 Å². The zero-order valence-corrected chi connectivity index (χ0v) is 11.7. The Kier molecular flexibility index (Phi) is 4.67. The highest BCUT2D eigenvalue weighted by atomic mass is 32.1. The van der Waals surface area contributed by atoms with Crippen molar-refractivity contribution in [2.45, 2.75) is 26.8 Å². The summed E-state index contributed by atoms with van der Waals surface area (Å²) in [7, 11) is 1.76. The van der Waals surface area contributed by atoms with Gasteiger partial charge in [-0.15, -0.1) is 11.3 Å². The third-order valence-corrected chi connectivity index (χ3v) is 3.83. The summed E-state index contributed by atoms with van der Waals surface area (Å²) in [5.74, 6) is -1.02. The number of hydrogen-bond acceptors (Lipinski definition) is 3. The van der Waals surface area contributed by atoms with Crippen molar-refractivity contribution in [3.05, 3.63) is 27.5 Å². The van der Waals surface area contributed by atoms with Gasteiger partial charge < -0.3 is 10.0 Å². The Morgan fingerprint density at radius 1 is 1.44 bits per heavy atom. The molecule has 1 N–H and O–H groups in total. The number of amides is 1. The largest absolute Gasteiger partial charge is 0.478 e. The first-order chi connectivity index (χ1) is 8.32. The Bertz CT molecular complexity index is 488. The van der Waals surface area contributed by atoms with E-state index in [1.807, 2.05) is 20.8 Å². The Morgan fingerprint density at radius 3 is 2.56 bits per heavy atom. The van der Waals surface area contributed by atoms with E-state index in [1.165, 1.54) is 17.4 Å². The number of rotatable bonds is 4. The molecule has 0 saturated carbocycles. The molecule has 0 bridgehead atoms. The molecule has 0 spiro atoms. The minimum absolute atomic E-state index is 0.0342. The van der Waals surface area contributed by atoms with Crippen molar-refractivity contribution in [3.8, 4) is 0 Å². The summed E-state index contributed by atoms with van der Waals surface area (Å²) in [6.07, 6.45) is 2.60. The van der Waals surface area contributed by atoms with Crippen molar-refractivity contribution >= 4 is 29.3 Å². The molecule has 0 atom stereocenters. The predicted molar refractivity (Wildman–Crippen MR) is 73.0 cm³/mol. The lowest BCUT2D eigenvalue weighted by atomic mass is 10.2. The van der Waals surface area contributed by atoms with Gasteiger partial charge in [0.1, 0.15) is 0 Å². The Balaban J connectivity index is 2.97. The molecule has 0 fully saturated rings. The summed E-state index contributed by atoms with van der Waals surface area (Å²) in [5, 5.41) is 8.59. The van der Waals surface area contributed by atoms with E-state index in [2.05, 4.69) is 0 Å². The van der Waals surface area contributed by atoms with Crippen LogP contribution < -0.4 is 0 Å². The van der Waals surface area contributed by atoms with Crippen molar-refractivity contribution in [1.82, 2.24) is 4.90 Å². The molecule has 4 nitrogen and oxygen atoms in total. The monoisotopic (exact) mass is 267 g/mol. The van der Waals surface area contributed by atoms with Gasteiger partial charge in [0.05, 0.1) is 4.88 Å². The summed E-state index contributed by atoms with van der Waals surface area (Å²) >= 11 is 1.31. The summed E-state index contributed by atoms with van der Waals surface area (Å²) in [5.41, 5.74) is 0.915. The smallest absolute Gasteiger partial charge is 0.328 e. The van der Waals surface area contributed by atoms with E-state index >= 15 is 0 Å². The topological polar surface area (TPSA) is 57.6 Å². The predicted octanol–water partition coefficient (Wildman–Crippen LogP) is 2.63. The lowest BCUT2D eigenvalue weighted by Crippen LogP contribution is -2.32. The van der Waals surface area contributed by atoms with Gasteiger partial charge in [-0.1, -0.05) is 0 Å². The zero-order chi connectivity index (χ0) is 13.9. The van der Waals surface area contributed by atoms with Crippen LogP contribution in [-0.2, 0) is 4.79 Å². The van der Waals surface area contributed by atoms with Crippen molar-refractivity contribution < 1.29 is 14.7 Å². The van der Waals surface area contributed by atoms with Crippen molar-refractivity contribution in [1.29, 1.82) is 0 Å². The molecule has 0 radical (unpaired) electrons. The molecule has 0 aliphatic heterocycles. The lowest BCUT2D eigenvalue weighted by molar-refractivity contribution is -0.131. The molecule has 1 heterocycles. The first-order valence-corrected chi connectivity index (χ1v) is 6.43. The van der Waals surface area contributed by atoms with Crippen LogP contribution in [0.1, 0.15) is 34.0 Å². The second-order valence-electron chi connectivity index (χ2n) is 4.34. The Labute approximate surface area is 111 Å². The van der Waals surface area contributed by atoms with Gasteiger partial charge in [-0.25, -0.2) is 4.79 Å². The molecular weight excluding hydrogens is 250 g/mol. The van der Waals surface area contributed by atoms with E-state index in [4.69, 9.17) is 5.11 Å². The zero-order valence-electron chi connectivity index (χ0n) is 10.9. The van der Waals surface area contributed by atoms with E-state index in [0.29, 0.717) is 4.88 Å². The minimum atomic E-state index is -0.991. The number of thiophene rings is 1. The van der Waals surface area contributed by atoms with Crippen molar-refractivity contribution in [3.63, 3.8) is 0 Å². The van der Waals surface area contributed by atoms with Gasteiger partial charge >= 0.3 is 5.97 Å². The molecular formula is C13H17NO3S. The van der Waals surface area contributed by atoms with Crippen LogP contribution in [0.15, 0.2) is 12.1 Å². The number of aliphatic carboxylic acids is 1. The molecule has 0 aliphatic carbocycles. The minimum Gasteiger partial charge on any atom is -0.478 e. The van der Waals surface area contributed by atoms with Crippen LogP contribution in [0.3, 0.4) is 0 Å². The number of carbonyl (C=O) groups excluding carboxylic acids is 1. The molecule has 98 valence electrons. The normalized spacial score (nSPS) is 11.2. The average Bonchev–Trinajstić information content (AvgIpc) is 2.66. The summed E-state index contributed by atoms with van der Waals surface area (Å²) < 4.78 is 0. The molecule has 1 aromatic rings. The molecule has 0 aromatic carbocycles. The average molecular weight is 267 g/mol. The second kappa shape index (κ2) is 5.82. The fourth-order valence-electron chi connectivity index (χ4n) is 1.32. The van der Waals surface area contributed by atoms with Gasteiger partial charge in [0.2, 0.25) is 0 Å². The van der Waals surface area contributed by atoms with E-state index in [1.54, 1.807) is 18.0 Å². The van der Waals surface area contributed by atoms with E-state index in [0.717, 1.165) is 16.5 Å². The summed E-state index contributed by atoms with van der Waals surface area (Å²) in [6, 6.07) is 1.94. The molecule has 1 rings (SSSR count). The molecule has 18 heavy (non-hydrogen) atoms. The van der Waals surface area contributed by atoms with E-state index in [9.17, 15) is 9.59 Å². The van der Waals surface area contributed by atoms with Crippen molar-refractivity contribution in [2.24, 2.45) is 0 Å². The SMILES string of the molecule is Cc1cc(C(=O)N(C)C(C)C)sc1C=CC(=O)O. The number of carboxylic acid groups (broad SMARTS) is 1. The van der Waals surface area contributed by atoms with Gasteiger partial charge in [-0.05, 0) is 38.5 Å². The van der Waals surface area contributed by atoms with Gasteiger partial charge in [-0.2, -0.15) is 0 Å². The van der Waals surface area contributed by atoms with Gasteiger partial charge in [-0.3, -0.25) is 4.79 Å². The highest BCUT2D eigenvalue weighted by Gasteiger charge is 2.17. The number of carbonyl (C=O) groups is 2. The third-order valence-electron chi connectivity index (χ3n) is 2.64. The van der Waals surface area contributed by atoms with Crippen LogP contribution in [0.25, 0.3) is 6.08 Å².